The summed E-state index contributed by atoms with van der Waals surface area (Å²) >= 11 is 0. The number of benzene rings is 2. The van der Waals surface area contributed by atoms with Gasteiger partial charge in [-0.05, 0) is 49.6 Å². The Morgan fingerprint density at radius 2 is 1.96 bits per heavy atom. The summed E-state index contributed by atoms with van der Waals surface area (Å²) in [5.74, 6) is -0.0149. The fraction of sp³-hybridized carbons (Fsp3) is 0.263. The van der Waals surface area contributed by atoms with Gasteiger partial charge in [-0.15, -0.1) is 0 Å². The van der Waals surface area contributed by atoms with Crippen LogP contribution in [0.3, 0.4) is 0 Å². The number of para-hydroxylation sites is 2. The van der Waals surface area contributed by atoms with Crippen LogP contribution >= 0.6 is 0 Å². The number of hydrogen-bond acceptors (Lipinski definition) is 2. The summed E-state index contributed by atoms with van der Waals surface area (Å²) in [7, 11) is 0. The number of carbonyl (C=O) groups excluding carboxylic acids is 1. The van der Waals surface area contributed by atoms with Crippen LogP contribution in [0.2, 0.25) is 0 Å². The Bertz CT molecular complexity index is 851. The second kappa shape index (κ2) is 6.24. The first-order chi connectivity index (χ1) is 11.0. The Hall–Kier alpha value is -2.62. The van der Waals surface area contributed by atoms with Gasteiger partial charge in [0.1, 0.15) is 6.54 Å². The second-order valence-electron chi connectivity index (χ2n) is 5.99. The molecule has 0 spiro atoms. The van der Waals surface area contributed by atoms with E-state index in [0.29, 0.717) is 0 Å². The van der Waals surface area contributed by atoms with Gasteiger partial charge in [0.05, 0.1) is 23.4 Å². The molecule has 0 bridgehead atoms. The molecule has 4 heteroatoms. The first-order valence-corrected chi connectivity index (χ1v) is 7.81. The Morgan fingerprint density at radius 3 is 2.74 bits per heavy atom. The smallest absolute Gasteiger partial charge is 0.240 e. The molecule has 0 fully saturated rings. The molecule has 1 amide bonds. The van der Waals surface area contributed by atoms with Crippen molar-refractivity contribution in [1.82, 2.24) is 14.9 Å². The number of rotatable bonds is 4. The van der Waals surface area contributed by atoms with E-state index < -0.39 is 0 Å². The minimum atomic E-state index is -0.0171. The molecule has 1 heterocycles. The van der Waals surface area contributed by atoms with Crippen molar-refractivity contribution in [1.29, 1.82) is 0 Å². The molecule has 4 nitrogen and oxygen atoms in total. The molecule has 1 unspecified atom stereocenters. The van der Waals surface area contributed by atoms with Crippen LogP contribution in [-0.2, 0) is 11.3 Å². The van der Waals surface area contributed by atoms with Gasteiger partial charge in [0, 0.05) is 0 Å². The number of imidazole rings is 1. The molecule has 118 valence electrons. The van der Waals surface area contributed by atoms with Crippen LogP contribution < -0.4 is 5.32 Å². The number of hydrogen-bond donors (Lipinski definition) is 1. The SMILES string of the molecule is Cc1ccc(C(C)NC(=O)Cn2cnc3ccccc32)cc1C. The summed E-state index contributed by atoms with van der Waals surface area (Å²) in [5, 5.41) is 3.06. The second-order valence-corrected chi connectivity index (χ2v) is 5.99. The molecule has 3 rings (SSSR count). The van der Waals surface area contributed by atoms with E-state index in [1.165, 1.54) is 11.1 Å². The Kier molecular flexibility index (Phi) is 4.15. The van der Waals surface area contributed by atoms with E-state index in [0.717, 1.165) is 16.6 Å². The number of carbonyl (C=O) groups is 1. The number of fused-ring (bicyclic) bond motifs is 1. The number of nitrogens with one attached hydrogen (secondary N) is 1. The molecule has 0 aliphatic heterocycles. The highest BCUT2D eigenvalue weighted by Gasteiger charge is 2.12. The summed E-state index contributed by atoms with van der Waals surface area (Å²) < 4.78 is 1.87. The van der Waals surface area contributed by atoms with Crippen molar-refractivity contribution >= 4 is 16.9 Å². The number of nitrogens with zero attached hydrogens (tertiary/aromatic N) is 2. The summed E-state index contributed by atoms with van der Waals surface area (Å²) in [5.41, 5.74) is 5.50. The van der Waals surface area contributed by atoms with E-state index in [1.54, 1.807) is 6.33 Å². The number of aryl methyl sites for hydroxylation is 2. The fourth-order valence-corrected chi connectivity index (χ4v) is 2.70. The first kappa shape index (κ1) is 15.3. The Labute approximate surface area is 136 Å². The maximum absolute atomic E-state index is 12.3. The summed E-state index contributed by atoms with van der Waals surface area (Å²) in [6.07, 6.45) is 1.71. The quantitative estimate of drug-likeness (QED) is 0.801. The van der Waals surface area contributed by atoms with Crippen LogP contribution in [0.25, 0.3) is 11.0 Å². The van der Waals surface area contributed by atoms with Crippen LogP contribution in [0.5, 0.6) is 0 Å². The summed E-state index contributed by atoms with van der Waals surface area (Å²) in [6, 6.07) is 14.1. The average molecular weight is 307 g/mol. The van der Waals surface area contributed by atoms with Crippen LogP contribution in [0, 0.1) is 13.8 Å². The summed E-state index contributed by atoms with van der Waals surface area (Å²) in [6.45, 7) is 6.46. The maximum Gasteiger partial charge on any atom is 0.240 e. The van der Waals surface area contributed by atoms with E-state index in [9.17, 15) is 4.79 Å². The van der Waals surface area contributed by atoms with Gasteiger partial charge in [-0.25, -0.2) is 4.98 Å². The van der Waals surface area contributed by atoms with Crippen molar-refractivity contribution in [3.05, 3.63) is 65.5 Å². The van der Waals surface area contributed by atoms with E-state index in [2.05, 4.69) is 42.3 Å². The molecule has 0 aliphatic rings. The monoisotopic (exact) mass is 307 g/mol. The van der Waals surface area contributed by atoms with Gasteiger partial charge in [-0.1, -0.05) is 30.3 Å². The maximum atomic E-state index is 12.3. The van der Waals surface area contributed by atoms with Crippen molar-refractivity contribution in [2.75, 3.05) is 0 Å². The van der Waals surface area contributed by atoms with Crippen molar-refractivity contribution in [2.24, 2.45) is 0 Å². The zero-order valence-corrected chi connectivity index (χ0v) is 13.7. The molecule has 0 aliphatic carbocycles. The van der Waals surface area contributed by atoms with Crippen molar-refractivity contribution in [2.45, 2.75) is 33.4 Å². The molecule has 0 saturated heterocycles. The Balaban J connectivity index is 1.70. The standard InChI is InChI=1S/C19H21N3O/c1-13-8-9-16(10-14(13)2)15(3)21-19(23)11-22-12-20-17-6-4-5-7-18(17)22/h4-10,12,15H,11H2,1-3H3,(H,21,23). The highest BCUT2D eigenvalue weighted by atomic mass is 16.2. The molecular weight excluding hydrogens is 286 g/mol. The topological polar surface area (TPSA) is 46.9 Å². The number of amides is 1. The van der Waals surface area contributed by atoms with Gasteiger partial charge in [0.15, 0.2) is 0 Å². The van der Waals surface area contributed by atoms with Crippen molar-refractivity contribution in [3.8, 4) is 0 Å². The lowest BCUT2D eigenvalue weighted by atomic mass is 10.0. The van der Waals surface area contributed by atoms with E-state index >= 15 is 0 Å². The van der Waals surface area contributed by atoms with Crippen LogP contribution in [-0.4, -0.2) is 15.5 Å². The third kappa shape index (κ3) is 3.26. The minimum absolute atomic E-state index is 0.0149. The molecule has 23 heavy (non-hydrogen) atoms. The zero-order chi connectivity index (χ0) is 16.4. The third-order valence-electron chi connectivity index (χ3n) is 4.25. The first-order valence-electron chi connectivity index (χ1n) is 7.81. The van der Waals surface area contributed by atoms with E-state index in [4.69, 9.17) is 0 Å². The molecule has 2 aromatic carbocycles. The van der Waals surface area contributed by atoms with Gasteiger partial charge in [0.2, 0.25) is 5.91 Å². The highest BCUT2D eigenvalue weighted by Crippen LogP contribution is 2.17. The van der Waals surface area contributed by atoms with Crippen LogP contribution in [0.15, 0.2) is 48.8 Å². The highest BCUT2D eigenvalue weighted by molar-refractivity contribution is 5.80. The predicted octanol–water partition coefficient (Wildman–Crippen LogP) is 3.53. The molecule has 1 atom stereocenters. The average Bonchev–Trinajstić information content (AvgIpc) is 2.93. The molecular formula is C19H21N3O. The van der Waals surface area contributed by atoms with E-state index in [1.807, 2.05) is 35.8 Å². The predicted molar refractivity (Wildman–Crippen MR) is 92.2 cm³/mol. The lowest BCUT2D eigenvalue weighted by Gasteiger charge is -2.16. The van der Waals surface area contributed by atoms with Crippen LogP contribution in [0.1, 0.15) is 29.7 Å². The van der Waals surface area contributed by atoms with Crippen LogP contribution in [0.4, 0.5) is 0 Å². The number of aromatic nitrogens is 2. The molecule has 0 radical (unpaired) electrons. The van der Waals surface area contributed by atoms with E-state index in [-0.39, 0.29) is 18.5 Å². The van der Waals surface area contributed by atoms with Gasteiger partial charge in [-0.3, -0.25) is 4.79 Å². The van der Waals surface area contributed by atoms with Crippen molar-refractivity contribution < 1.29 is 4.79 Å². The fourth-order valence-electron chi connectivity index (χ4n) is 2.70. The van der Waals surface area contributed by atoms with Gasteiger partial charge >= 0.3 is 0 Å². The molecule has 1 N–H and O–H groups in total. The summed E-state index contributed by atoms with van der Waals surface area (Å²) in [4.78, 5) is 16.6. The molecule has 1 aromatic heterocycles. The zero-order valence-electron chi connectivity index (χ0n) is 13.7. The largest absolute Gasteiger partial charge is 0.348 e. The van der Waals surface area contributed by atoms with Gasteiger partial charge < -0.3 is 9.88 Å². The Morgan fingerprint density at radius 1 is 1.17 bits per heavy atom. The van der Waals surface area contributed by atoms with Crippen molar-refractivity contribution in [3.63, 3.8) is 0 Å². The normalized spacial score (nSPS) is 12.3. The lowest BCUT2D eigenvalue weighted by molar-refractivity contribution is -0.122. The minimum Gasteiger partial charge on any atom is -0.348 e. The van der Waals surface area contributed by atoms with Gasteiger partial charge in [0.25, 0.3) is 0 Å². The third-order valence-corrected chi connectivity index (χ3v) is 4.25. The van der Waals surface area contributed by atoms with Gasteiger partial charge in [-0.2, -0.15) is 0 Å². The molecule has 0 saturated carbocycles. The lowest BCUT2D eigenvalue weighted by Crippen LogP contribution is -2.30. The molecule has 3 aromatic rings.